The topological polar surface area (TPSA) is 114 Å². The monoisotopic (exact) mass is 505 g/mol. The number of ketones is 1. The van der Waals surface area contributed by atoms with E-state index in [1.165, 1.54) is 23.2 Å². The van der Waals surface area contributed by atoms with Gasteiger partial charge in [0.25, 0.3) is 5.91 Å². The average molecular weight is 506 g/mol. The number of nitrogens with zero attached hydrogens (tertiary/aromatic N) is 4. The quantitative estimate of drug-likeness (QED) is 0.391. The fourth-order valence-corrected chi connectivity index (χ4v) is 5.31. The number of fused-ring (bicyclic) bond motifs is 1. The fraction of sp³-hybridized carbons (Fsp3) is 0.167. The van der Waals surface area contributed by atoms with Crippen LogP contribution in [0.15, 0.2) is 48.0 Å². The van der Waals surface area contributed by atoms with Gasteiger partial charge in [-0.25, -0.2) is 9.97 Å². The molecular formula is C24H19N5O4S2. The molecule has 0 saturated carbocycles. The number of amides is 2. The zero-order valence-electron chi connectivity index (χ0n) is 18.8. The van der Waals surface area contributed by atoms with Gasteiger partial charge in [-0.1, -0.05) is 17.4 Å². The maximum absolute atomic E-state index is 12.8. The van der Waals surface area contributed by atoms with Gasteiger partial charge >= 0.3 is 0 Å². The SMILES string of the molecule is CC(=O)c1sc(NC(=O)CN2C(=O)COc3ccc(-c4csc(-c5ccccn5)n4)cc32)nc1C. The molecule has 0 atom stereocenters. The molecule has 3 aromatic heterocycles. The molecule has 0 saturated heterocycles. The molecule has 35 heavy (non-hydrogen) atoms. The van der Waals surface area contributed by atoms with Crippen LogP contribution in [0.5, 0.6) is 5.75 Å². The van der Waals surface area contributed by atoms with E-state index >= 15 is 0 Å². The molecule has 4 heterocycles. The van der Waals surface area contributed by atoms with Crippen LogP contribution in [0.1, 0.15) is 22.3 Å². The summed E-state index contributed by atoms with van der Waals surface area (Å²) in [6.45, 7) is 2.78. The third-order valence-electron chi connectivity index (χ3n) is 5.25. The molecule has 0 unspecified atom stereocenters. The first-order valence-corrected chi connectivity index (χ1v) is 12.3. The van der Waals surface area contributed by atoms with Gasteiger partial charge in [0, 0.05) is 24.1 Å². The summed E-state index contributed by atoms with van der Waals surface area (Å²) in [5, 5.41) is 5.71. The number of thiazole rings is 2. The van der Waals surface area contributed by atoms with Crippen molar-refractivity contribution in [3.63, 3.8) is 0 Å². The maximum Gasteiger partial charge on any atom is 0.265 e. The smallest absolute Gasteiger partial charge is 0.265 e. The molecular weight excluding hydrogens is 486 g/mol. The molecule has 0 fully saturated rings. The second-order valence-corrected chi connectivity index (χ2v) is 9.60. The van der Waals surface area contributed by atoms with E-state index in [2.05, 4.69) is 20.3 Å². The Labute approximate surface area is 208 Å². The number of aromatic nitrogens is 3. The second-order valence-electron chi connectivity index (χ2n) is 7.74. The van der Waals surface area contributed by atoms with Crippen LogP contribution in [0.4, 0.5) is 10.8 Å². The number of hydrogen-bond donors (Lipinski definition) is 1. The Morgan fingerprint density at radius 3 is 2.77 bits per heavy atom. The van der Waals surface area contributed by atoms with E-state index in [4.69, 9.17) is 4.74 Å². The predicted molar refractivity (Wildman–Crippen MR) is 134 cm³/mol. The second kappa shape index (κ2) is 9.35. The molecule has 2 amide bonds. The van der Waals surface area contributed by atoms with Gasteiger partial charge in [-0.15, -0.1) is 11.3 Å². The number of anilines is 2. The van der Waals surface area contributed by atoms with E-state index in [0.29, 0.717) is 27.1 Å². The lowest BCUT2D eigenvalue weighted by Crippen LogP contribution is -2.43. The zero-order chi connectivity index (χ0) is 24.5. The number of aryl methyl sites for hydroxylation is 1. The minimum Gasteiger partial charge on any atom is -0.482 e. The van der Waals surface area contributed by atoms with Gasteiger partial charge in [-0.2, -0.15) is 0 Å². The zero-order valence-corrected chi connectivity index (χ0v) is 20.4. The van der Waals surface area contributed by atoms with Gasteiger partial charge in [0.15, 0.2) is 17.5 Å². The number of carbonyl (C=O) groups excluding carboxylic acids is 3. The molecule has 11 heteroatoms. The highest BCUT2D eigenvalue weighted by molar-refractivity contribution is 7.17. The lowest BCUT2D eigenvalue weighted by molar-refractivity contribution is -0.123. The summed E-state index contributed by atoms with van der Waals surface area (Å²) in [6.07, 6.45) is 1.72. The molecule has 5 rings (SSSR count). The Bertz CT molecular complexity index is 1450. The van der Waals surface area contributed by atoms with Crippen molar-refractivity contribution < 1.29 is 19.1 Å². The van der Waals surface area contributed by atoms with E-state index in [1.54, 1.807) is 25.3 Å². The molecule has 1 aromatic carbocycles. The molecule has 9 nitrogen and oxygen atoms in total. The standard InChI is InChI=1S/C24H19N5O4S2/c1-13-22(14(2)30)35-24(26-13)28-20(31)10-29-18-9-15(6-7-19(18)33-11-21(29)32)17-12-34-23(27-17)16-5-3-4-8-25-16/h3-9,12H,10-11H2,1-2H3,(H,26,28,31). The number of nitrogens with one attached hydrogen (secondary N) is 1. The van der Waals surface area contributed by atoms with Crippen LogP contribution < -0.4 is 15.0 Å². The molecule has 4 aromatic rings. The largest absolute Gasteiger partial charge is 0.482 e. The molecule has 0 bridgehead atoms. The molecule has 0 spiro atoms. The van der Waals surface area contributed by atoms with Crippen LogP contribution in [0, 0.1) is 6.92 Å². The highest BCUT2D eigenvalue weighted by atomic mass is 32.1. The minimum atomic E-state index is -0.424. The molecule has 176 valence electrons. The highest BCUT2D eigenvalue weighted by Gasteiger charge is 2.28. The third kappa shape index (κ3) is 4.68. The van der Waals surface area contributed by atoms with E-state index in [9.17, 15) is 14.4 Å². The number of carbonyl (C=O) groups is 3. The molecule has 0 aliphatic carbocycles. The van der Waals surface area contributed by atoms with Crippen molar-refractivity contribution in [2.45, 2.75) is 13.8 Å². The van der Waals surface area contributed by atoms with Crippen molar-refractivity contribution in [3.05, 3.63) is 58.5 Å². The van der Waals surface area contributed by atoms with E-state index < -0.39 is 5.91 Å². The number of pyridine rings is 1. The highest BCUT2D eigenvalue weighted by Crippen LogP contribution is 2.37. The first kappa shape index (κ1) is 22.8. The summed E-state index contributed by atoms with van der Waals surface area (Å²) >= 11 is 2.59. The average Bonchev–Trinajstić information content (AvgIpc) is 3.48. The van der Waals surface area contributed by atoms with Crippen LogP contribution in [-0.2, 0) is 9.59 Å². The fourth-order valence-electron chi connectivity index (χ4n) is 3.63. The van der Waals surface area contributed by atoms with Gasteiger partial charge < -0.3 is 10.1 Å². The van der Waals surface area contributed by atoms with Gasteiger partial charge in [0.05, 0.1) is 27.6 Å². The van der Waals surface area contributed by atoms with Gasteiger partial charge in [-0.05, 0) is 37.3 Å². The summed E-state index contributed by atoms with van der Waals surface area (Å²) < 4.78 is 5.58. The summed E-state index contributed by atoms with van der Waals surface area (Å²) in [5.74, 6) is -0.368. The third-order valence-corrected chi connectivity index (χ3v) is 7.29. The van der Waals surface area contributed by atoms with Crippen LogP contribution >= 0.6 is 22.7 Å². The maximum atomic E-state index is 12.8. The normalized spacial score (nSPS) is 12.7. The van der Waals surface area contributed by atoms with Crippen molar-refractivity contribution >= 4 is 51.1 Å². The number of Topliss-reactive ketones (excluding diaryl/α,β-unsaturated/α-hetero) is 1. The van der Waals surface area contributed by atoms with Gasteiger partial charge in [-0.3, -0.25) is 24.3 Å². The number of hydrogen-bond acceptors (Lipinski definition) is 9. The Morgan fingerprint density at radius 1 is 1.17 bits per heavy atom. The van der Waals surface area contributed by atoms with Crippen molar-refractivity contribution in [3.8, 4) is 27.7 Å². The summed E-state index contributed by atoms with van der Waals surface area (Å²) in [7, 11) is 0. The predicted octanol–water partition coefficient (Wildman–Crippen LogP) is 4.20. The summed E-state index contributed by atoms with van der Waals surface area (Å²) in [6, 6.07) is 11.1. The molecule has 0 radical (unpaired) electrons. The Hall–Kier alpha value is -3.96. The molecule has 1 N–H and O–H groups in total. The van der Waals surface area contributed by atoms with E-state index in [-0.39, 0.29) is 24.8 Å². The Balaban J connectivity index is 1.38. The van der Waals surface area contributed by atoms with Gasteiger partial charge in [0.2, 0.25) is 5.91 Å². The van der Waals surface area contributed by atoms with Crippen molar-refractivity contribution in [1.29, 1.82) is 0 Å². The number of ether oxygens (including phenoxy) is 1. The first-order valence-electron chi connectivity index (χ1n) is 10.6. The van der Waals surface area contributed by atoms with Gasteiger partial charge in [0.1, 0.15) is 17.3 Å². The van der Waals surface area contributed by atoms with Crippen LogP contribution in [0.3, 0.4) is 0 Å². The Kier molecular flexibility index (Phi) is 6.10. The van der Waals surface area contributed by atoms with Crippen LogP contribution in [0.25, 0.3) is 22.0 Å². The van der Waals surface area contributed by atoms with Crippen LogP contribution in [0.2, 0.25) is 0 Å². The van der Waals surface area contributed by atoms with E-state index in [1.807, 2.05) is 29.6 Å². The lowest BCUT2D eigenvalue weighted by Gasteiger charge is -2.29. The lowest BCUT2D eigenvalue weighted by atomic mass is 10.1. The van der Waals surface area contributed by atoms with Crippen molar-refractivity contribution in [1.82, 2.24) is 15.0 Å². The van der Waals surface area contributed by atoms with Crippen molar-refractivity contribution in [2.24, 2.45) is 0 Å². The Morgan fingerprint density at radius 2 is 2.03 bits per heavy atom. The summed E-state index contributed by atoms with van der Waals surface area (Å²) in [5.41, 5.74) is 3.34. The first-order chi connectivity index (χ1) is 16.9. The molecule has 1 aliphatic heterocycles. The summed E-state index contributed by atoms with van der Waals surface area (Å²) in [4.78, 5) is 52.2. The van der Waals surface area contributed by atoms with Crippen LogP contribution in [-0.4, -0.2) is 45.7 Å². The molecule has 1 aliphatic rings. The van der Waals surface area contributed by atoms with E-state index in [0.717, 1.165) is 33.3 Å². The number of benzene rings is 1. The minimum absolute atomic E-state index is 0.112. The van der Waals surface area contributed by atoms with Crippen molar-refractivity contribution in [2.75, 3.05) is 23.4 Å². The number of rotatable bonds is 6.